The number of aromatic nitrogens is 2. The summed E-state index contributed by atoms with van der Waals surface area (Å²) in [6.07, 6.45) is 6.74. The summed E-state index contributed by atoms with van der Waals surface area (Å²) in [5.74, 6) is 0.208. The molecule has 1 saturated carbocycles. The summed E-state index contributed by atoms with van der Waals surface area (Å²) < 4.78 is 7.46. The average molecular weight is 264 g/mol. The lowest BCUT2D eigenvalue weighted by Gasteiger charge is -2.29. The second kappa shape index (κ2) is 5.87. The van der Waals surface area contributed by atoms with E-state index >= 15 is 0 Å². The Morgan fingerprint density at radius 2 is 2.00 bits per heavy atom. The Morgan fingerprint density at radius 1 is 1.37 bits per heavy atom. The molecule has 4 heteroatoms. The number of ketones is 1. The van der Waals surface area contributed by atoms with Crippen LogP contribution < -0.4 is 0 Å². The molecule has 0 spiro atoms. The smallest absolute Gasteiger partial charge is 0.170 e. The van der Waals surface area contributed by atoms with E-state index in [1.807, 2.05) is 20.0 Å². The van der Waals surface area contributed by atoms with E-state index in [2.05, 4.69) is 5.10 Å². The summed E-state index contributed by atoms with van der Waals surface area (Å²) in [6, 6.07) is 1.98. The van der Waals surface area contributed by atoms with Crippen molar-refractivity contribution in [3.63, 3.8) is 0 Å². The maximum Gasteiger partial charge on any atom is 0.170 e. The predicted octanol–water partition coefficient (Wildman–Crippen LogP) is 2.58. The number of ether oxygens (including phenoxy) is 1. The molecule has 106 valence electrons. The second-order valence-corrected chi connectivity index (χ2v) is 5.61. The van der Waals surface area contributed by atoms with E-state index in [0.29, 0.717) is 6.42 Å². The van der Waals surface area contributed by atoms with Gasteiger partial charge >= 0.3 is 0 Å². The van der Waals surface area contributed by atoms with Crippen molar-refractivity contribution in [3.05, 3.63) is 17.5 Å². The van der Waals surface area contributed by atoms with Crippen molar-refractivity contribution in [1.29, 1.82) is 0 Å². The van der Waals surface area contributed by atoms with Crippen LogP contribution in [0.4, 0.5) is 0 Å². The molecule has 1 fully saturated rings. The Balaban J connectivity index is 2.14. The van der Waals surface area contributed by atoms with Gasteiger partial charge < -0.3 is 4.74 Å². The molecule has 1 aromatic rings. The van der Waals surface area contributed by atoms with Crippen LogP contribution in [0.2, 0.25) is 0 Å². The van der Waals surface area contributed by atoms with Crippen LogP contribution in [0.15, 0.2) is 6.07 Å². The van der Waals surface area contributed by atoms with Gasteiger partial charge in [-0.2, -0.15) is 5.10 Å². The summed E-state index contributed by atoms with van der Waals surface area (Å²) in [6.45, 7) is 1.95. The summed E-state index contributed by atoms with van der Waals surface area (Å²) in [7, 11) is 3.57. The lowest BCUT2D eigenvalue weighted by atomic mass is 9.87. The molecule has 0 aliphatic heterocycles. The number of hydrogen-bond donors (Lipinski definition) is 0. The van der Waals surface area contributed by atoms with Crippen LogP contribution in [0.5, 0.6) is 0 Å². The highest BCUT2D eigenvalue weighted by atomic mass is 16.5. The molecule has 0 aromatic carbocycles. The topological polar surface area (TPSA) is 44.1 Å². The van der Waals surface area contributed by atoms with E-state index in [1.165, 1.54) is 12.8 Å². The van der Waals surface area contributed by atoms with Gasteiger partial charge in [-0.15, -0.1) is 0 Å². The lowest BCUT2D eigenvalue weighted by molar-refractivity contribution is -0.142. The third kappa shape index (κ3) is 3.06. The second-order valence-electron chi connectivity index (χ2n) is 5.61. The van der Waals surface area contributed by atoms with Crippen molar-refractivity contribution in [2.24, 2.45) is 7.05 Å². The molecule has 0 unspecified atom stereocenters. The molecule has 1 aliphatic rings. The maximum absolute atomic E-state index is 12.7. The van der Waals surface area contributed by atoms with Crippen LogP contribution in [0.3, 0.4) is 0 Å². The molecule has 0 atom stereocenters. The summed E-state index contributed by atoms with van der Waals surface area (Å²) >= 11 is 0. The first kappa shape index (κ1) is 14.3. The molecular weight excluding hydrogens is 240 g/mol. The third-order valence-corrected chi connectivity index (χ3v) is 4.25. The molecule has 0 amide bonds. The van der Waals surface area contributed by atoms with Crippen molar-refractivity contribution in [2.45, 2.75) is 57.5 Å². The Hall–Kier alpha value is -1.16. The van der Waals surface area contributed by atoms with Crippen LogP contribution in [0.1, 0.15) is 49.9 Å². The molecule has 1 heterocycles. The van der Waals surface area contributed by atoms with E-state index in [0.717, 1.165) is 37.1 Å². The number of carbonyl (C=O) groups excluding carboxylic acids is 1. The SMILES string of the molecule is COC1(C(=O)Cc2cc(C)nn2C)CCCCCC1. The highest BCUT2D eigenvalue weighted by Crippen LogP contribution is 2.31. The van der Waals surface area contributed by atoms with Gasteiger partial charge in [0.2, 0.25) is 0 Å². The van der Waals surface area contributed by atoms with Crippen LogP contribution in [0, 0.1) is 6.92 Å². The van der Waals surface area contributed by atoms with Gasteiger partial charge in [0.05, 0.1) is 12.1 Å². The van der Waals surface area contributed by atoms with Crippen molar-refractivity contribution < 1.29 is 9.53 Å². The standard InChI is InChI=1S/C15H24N2O2/c1-12-10-13(17(2)16-12)11-14(18)15(19-3)8-6-4-5-7-9-15/h10H,4-9,11H2,1-3H3. The monoisotopic (exact) mass is 264 g/mol. The first-order valence-electron chi connectivity index (χ1n) is 7.15. The number of carbonyl (C=O) groups is 1. The summed E-state index contributed by atoms with van der Waals surface area (Å²) in [5.41, 5.74) is 1.37. The van der Waals surface area contributed by atoms with Gasteiger partial charge in [0.1, 0.15) is 5.60 Å². The fourth-order valence-electron chi connectivity index (χ4n) is 3.05. The minimum absolute atomic E-state index is 0.208. The Morgan fingerprint density at radius 3 is 2.47 bits per heavy atom. The summed E-state index contributed by atoms with van der Waals surface area (Å²) in [4.78, 5) is 12.7. The molecule has 0 bridgehead atoms. The van der Waals surface area contributed by atoms with Crippen molar-refractivity contribution in [2.75, 3.05) is 7.11 Å². The largest absolute Gasteiger partial charge is 0.370 e. The van der Waals surface area contributed by atoms with E-state index in [9.17, 15) is 4.79 Å². The van der Waals surface area contributed by atoms with Crippen molar-refractivity contribution in [1.82, 2.24) is 9.78 Å². The van der Waals surface area contributed by atoms with Gasteiger partial charge in [0, 0.05) is 19.9 Å². The fraction of sp³-hybridized carbons (Fsp3) is 0.733. The van der Waals surface area contributed by atoms with E-state index < -0.39 is 5.60 Å². The first-order chi connectivity index (χ1) is 9.07. The average Bonchev–Trinajstić information content (AvgIpc) is 2.59. The molecule has 0 saturated heterocycles. The zero-order valence-corrected chi connectivity index (χ0v) is 12.2. The molecule has 4 nitrogen and oxygen atoms in total. The van der Waals surface area contributed by atoms with Crippen LogP contribution in [-0.2, 0) is 23.0 Å². The first-order valence-corrected chi connectivity index (χ1v) is 7.15. The minimum atomic E-state index is -0.561. The molecule has 0 N–H and O–H groups in total. The number of aryl methyl sites for hydroxylation is 2. The Bertz CT molecular complexity index is 443. The highest BCUT2D eigenvalue weighted by Gasteiger charge is 2.38. The zero-order valence-electron chi connectivity index (χ0n) is 12.2. The van der Waals surface area contributed by atoms with Gasteiger partial charge in [0.15, 0.2) is 5.78 Å². The zero-order chi connectivity index (χ0) is 13.9. The quantitative estimate of drug-likeness (QED) is 0.785. The third-order valence-electron chi connectivity index (χ3n) is 4.25. The van der Waals surface area contributed by atoms with Gasteiger partial charge in [0.25, 0.3) is 0 Å². The van der Waals surface area contributed by atoms with Gasteiger partial charge in [-0.3, -0.25) is 9.48 Å². The molecule has 1 aliphatic carbocycles. The summed E-state index contributed by atoms with van der Waals surface area (Å²) in [5, 5.41) is 4.30. The molecule has 19 heavy (non-hydrogen) atoms. The van der Waals surface area contributed by atoms with E-state index in [-0.39, 0.29) is 5.78 Å². The van der Waals surface area contributed by atoms with Crippen molar-refractivity contribution in [3.8, 4) is 0 Å². The van der Waals surface area contributed by atoms with Crippen LogP contribution in [0.25, 0.3) is 0 Å². The molecular formula is C15H24N2O2. The molecule has 0 radical (unpaired) electrons. The number of rotatable bonds is 4. The van der Waals surface area contributed by atoms with Gasteiger partial charge in [-0.25, -0.2) is 0 Å². The number of hydrogen-bond acceptors (Lipinski definition) is 3. The number of Topliss-reactive ketones (excluding diaryl/α,β-unsaturated/α-hetero) is 1. The normalized spacial score (nSPS) is 19.1. The predicted molar refractivity (Wildman–Crippen MR) is 74.1 cm³/mol. The maximum atomic E-state index is 12.7. The van der Waals surface area contributed by atoms with Gasteiger partial charge in [-0.05, 0) is 25.8 Å². The van der Waals surface area contributed by atoms with E-state index in [4.69, 9.17) is 4.74 Å². The Labute approximate surface area is 115 Å². The van der Waals surface area contributed by atoms with Crippen LogP contribution >= 0.6 is 0 Å². The van der Waals surface area contributed by atoms with Crippen molar-refractivity contribution >= 4 is 5.78 Å². The lowest BCUT2D eigenvalue weighted by Crippen LogP contribution is -2.41. The number of nitrogens with zero attached hydrogens (tertiary/aromatic N) is 2. The van der Waals surface area contributed by atoms with E-state index in [1.54, 1.807) is 11.8 Å². The highest BCUT2D eigenvalue weighted by molar-refractivity contribution is 5.89. The fourth-order valence-corrected chi connectivity index (χ4v) is 3.05. The van der Waals surface area contributed by atoms with Crippen LogP contribution in [-0.4, -0.2) is 28.3 Å². The molecule has 1 aromatic heterocycles. The number of methoxy groups -OCH3 is 1. The van der Waals surface area contributed by atoms with Gasteiger partial charge in [-0.1, -0.05) is 25.7 Å². The molecule has 2 rings (SSSR count). The minimum Gasteiger partial charge on any atom is -0.370 e. The Kier molecular flexibility index (Phi) is 4.40.